The van der Waals surface area contributed by atoms with E-state index in [0.29, 0.717) is 30.6 Å². The third kappa shape index (κ3) is 6.24. The maximum Gasteiger partial charge on any atom is 0.163 e. The van der Waals surface area contributed by atoms with Crippen LogP contribution in [-0.4, -0.2) is 19.8 Å². The number of nitrogens with zero attached hydrogens (tertiary/aromatic N) is 3. The average molecular weight is 492 g/mol. The van der Waals surface area contributed by atoms with Gasteiger partial charge in [0.05, 0.1) is 23.8 Å². The van der Waals surface area contributed by atoms with Crippen LogP contribution < -0.4 is 14.4 Å². The van der Waals surface area contributed by atoms with E-state index < -0.39 is 0 Å². The van der Waals surface area contributed by atoms with E-state index in [4.69, 9.17) is 9.47 Å². The van der Waals surface area contributed by atoms with E-state index >= 15 is 0 Å². The first kappa shape index (κ1) is 26.8. The highest BCUT2D eigenvalue weighted by Gasteiger charge is 2.34. The van der Waals surface area contributed by atoms with Crippen LogP contribution in [0.4, 0.5) is 11.4 Å². The first-order valence-electron chi connectivity index (χ1n) is 12.9. The lowest BCUT2D eigenvalue weighted by Gasteiger charge is -2.35. The molecule has 1 aliphatic heterocycles. The number of rotatable bonds is 13. The number of anilines is 2. The van der Waals surface area contributed by atoms with Crippen molar-refractivity contribution < 1.29 is 9.47 Å². The second-order valence-corrected chi connectivity index (χ2v) is 10.4. The molecule has 0 saturated heterocycles. The van der Waals surface area contributed by atoms with Gasteiger partial charge >= 0.3 is 0 Å². The summed E-state index contributed by atoms with van der Waals surface area (Å²) in [6, 6.07) is 12.8. The van der Waals surface area contributed by atoms with Crippen LogP contribution in [0.1, 0.15) is 83.8 Å². The van der Waals surface area contributed by atoms with Crippen molar-refractivity contribution >= 4 is 23.1 Å². The van der Waals surface area contributed by atoms with Gasteiger partial charge in [-0.25, -0.2) is 0 Å². The third-order valence-corrected chi connectivity index (χ3v) is 7.23. The SMILES string of the molecule is CCCCCCCOc1c(C#N)c(C#N)c(OCCC(C)C)c2c1N(CCC)c1ccccc1S2. The first-order chi connectivity index (χ1) is 17.1. The highest BCUT2D eigenvalue weighted by Crippen LogP contribution is 2.57. The molecule has 6 heteroatoms. The Morgan fingerprint density at radius 3 is 2.26 bits per heavy atom. The fourth-order valence-corrected chi connectivity index (χ4v) is 5.43. The molecular weight excluding hydrogens is 454 g/mol. The van der Waals surface area contributed by atoms with Gasteiger partial charge in [0.25, 0.3) is 0 Å². The second kappa shape index (κ2) is 13.3. The normalized spacial score (nSPS) is 12.0. The standard InChI is InChI=1S/C29H37N3O2S/c1-5-7-8-9-12-17-33-27-22(19-30)23(20-31)28(34-18-15-21(3)4)29-26(27)32(16-6-2)24-13-10-11-14-25(24)35-29/h10-11,13-14,21H,5-9,12,15-18H2,1-4H3. The summed E-state index contributed by atoms with van der Waals surface area (Å²) in [7, 11) is 0. The van der Waals surface area contributed by atoms with Crippen LogP contribution in [0, 0.1) is 28.6 Å². The van der Waals surface area contributed by atoms with Gasteiger partial charge in [-0.05, 0) is 37.3 Å². The predicted octanol–water partition coefficient (Wildman–Crippen LogP) is 8.22. The van der Waals surface area contributed by atoms with E-state index in [1.165, 1.54) is 19.3 Å². The van der Waals surface area contributed by atoms with Gasteiger partial charge in [0, 0.05) is 11.4 Å². The molecule has 0 atom stereocenters. The zero-order valence-corrected chi connectivity index (χ0v) is 22.3. The van der Waals surface area contributed by atoms with Crippen molar-refractivity contribution in [1.82, 2.24) is 0 Å². The summed E-state index contributed by atoms with van der Waals surface area (Å²) in [4.78, 5) is 4.23. The Morgan fingerprint density at radius 1 is 0.886 bits per heavy atom. The maximum atomic E-state index is 10.2. The number of unbranched alkanes of at least 4 members (excludes halogenated alkanes) is 4. The van der Waals surface area contributed by atoms with Crippen molar-refractivity contribution in [3.63, 3.8) is 0 Å². The maximum absolute atomic E-state index is 10.2. The predicted molar refractivity (Wildman–Crippen MR) is 143 cm³/mol. The molecule has 1 heterocycles. The summed E-state index contributed by atoms with van der Waals surface area (Å²) in [5.41, 5.74) is 2.51. The quantitative estimate of drug-likeness (QED) is 0.263. The fourth-order valence-electron chi connectivity index (χ4n) is 4.23. The molecule has 2 aromatic rings. The minimum atomic E-state index is 0.277. The molecule has 0 N–H and O–H groups in total. The van der Waals surface area contributed by atoms with Crippen LogP contribution in [0.15, 0.2) is 34.1 Å². The Balaban J connectivity index is 2.12. The van der Waals surface area contributed by atoms with Gasteiger partial charge in [-0.2, -0.15) is 10.5 Å². The molecule has 0 unspecified atom stereocenters. The smallest absolute Gasteiger partial charge is 0.163 e. The van der Waals surface area contributed by atoms with Crippen LogP contribution in [0.25, 0.3) is 0 Å². The highest BCUT2D eigenvalue weighted by atomic mass is 32.2. The Bertz CT molecular complexity index is 1080. The van der Waals surface area contributed by atoms with E-state index in [2.05, 4.69) is 56.9 Å². The van der Waals surface area contributed by atoms with E-state index in [1.807, 2.05) is 12.1 Å². The molecule has 5 nitrogen and oxygen atoms in total. The number of para-hydroxylation sites is 1. The van der Waals surface area contributed by atoms with Crippen molar-refractivity contribution in [2.75, 3.05) is 24.7 Å². The van der Waals surface area contributed by atoms with Crippen molar-refractivity contribution in [2.45, 2.75) is 82.4 Å². The van der Waals surface area contributed by atoms with Gasteiger partial charge in [0.15, 0.2) is 11.5 Å². The molecule has 0 aliphatic carbocycles. The van der Waals surface area contributed by atoms with Crippen LogP contribution in [0.2, 0.25) is 0 Å². The zero-order valence-electron chi connectivity index (χ0n) is 21.5. The minimum absolute atomic E-state index is 0.277. The van der Waals surface area contributed by atoms with Crippen LogP contribution >= 0.6 is 11.8 Å². The number of benzene rings is 2. The van der Waals surface area contributed by atoms with Gasteiger partial charge in [-0.3, -0.25) is 0 Å². The van der Waals surface area contributed by atoms with Gasteiger partial charge < -0.3 is 14.4 Å². The Hall–Kier alpha value is -2.83. The molecule has 0 saturated carbocycles. The summed E-state index contributed by atoms with van der Waals surface area (Å²) in [6.45, 7) is 10.4. The van der Waals surface area contributed by atoms with Crippen LogP contribution in [0.3, 0.4) is 0 Å². The monoisotopic (exact) mass is 491 g/mol. The van der Waals surface area contributed by atoms with Crippen molar-refractivity contribution in [3.8, 4) is 23.6 Å². The summed E-state index contributed by atoms with van der Waals surface area (Å²) in [6.07, 6.45) is 7.41. The lowest BCUT2D eigenvalue weighted by molar-refractivity contribution is 0.279. The highest BCUT2D eigenvalue weighted by molar-refractivity contribution is 7.99. The molecular formula is C29H37N3O2S. The summed E-state index contributed by atoms with van der Waals surface area (Å²) >= 11 is 1.60. The third-order valence-electron chi connectivity index (χ3n) is 6.09. The topological polar surface area (TPSA) is 69.3 Å². The number of fused-ring (bicyclic) bond motifs is 2. The molecule has 35 heavy (non-hydrogen) atoms. The molecule has 0 aromatic heterocycles. The van der Waals surface area contributed by atoms with E-state index in [1.54, 1.807) is 11.8 Å². The van der Waals surface area contributed by atoms with Crippen molar-refractivity contribution in [1.29, 1.82) is 10.5 Å². The second-order valence-electron chi connectivity index (χ2n) is 9.32. The molecule has 2 aromatic carbocycles. The fraction of sp³-hybridized carbons (Fsp3) is 0.517. The van der Waals surface area contributed by atoms with E-state index in [9.17, 15) is 10.5 Å². The van der Waals surface area contributed by atoms with Gasteiger partial charge in [-0.15, -0.1) is 0 Å². The number of ether oxygens (including phenoxy) is 2. The first-order valence-corrected chi connectivity index (χ1v) is 13.7. The molecule has 0 radical (unpaired) electrons. The molecule has 0 bridgehead atoms. The van der Waals surface area contributed by atoms with Crippen LogP contribution in [0.5, 0.6) is 11.5 Å². The van der Waals surface area contributed by atoms with Gasteiger partial charge in [0.1, 0.15) is 29.0 Å². The lowest BCUT2D eigenvalue weighted by Crippen LogP contribution is -2.24. The molecule has 1 aliphatic rings. The number of nitriles is 2. The van der Waals surface area contributed by atoms with Gasteiger partial charge in [0.2, 0.25) is 0 Å². The zero-order chi connectivity index (χ0) is 25.2. The molecule has 186 valence electrons. The average Bonchev–Trinajstić information content (AvgIpc) is 2.86. The molecule has 0 fully saturated rings. The van der Waals surface area contributed by atoms with E-state index in [0.717, 1.165) is 53.4 Å². The Morgan fingerprint density at radius 2 is 1.57 bits per heavy atom. The number of hydrogen-bond donors (Lipinski definition) is 0. The summed E-state index contributed by atoms with van der Waals surface area (Å²) in [5.74, 6) is 1.50. The summed E-state index contributed by atoms with van der Waals surface area (Å²) < 4.78 is 12.6. The molecule has 0 amide bonds. The lowest BCUT2D eigenvalue weighted by atomic mass is 10.0. The number of hydrogen-bond acceptors (Lipinski definition) is 6. The van der Waals surface area contributed by atoms with Crippen molar-refractivity contribution in [3.05, 3.63) is 35.4 Å². The van der Waals surface area contributed by atoms with Crippen LogP contribution in [-0.2, 0) is 0 Å². The molecule has 0 spiro atoms. The Labute approximate surface area is 215 Å². The Kier molecular flexibility index (Phi) is 10.2. The molecule has 3 rings (SSSR count). The summed E-state index contributed by atoms with van der Waals surface area (Å²) in [5, 5.41) is 20.3. The van der Waals surface area contributed by atoms with E-state index in [-0.39, 0.29) is 11.1 Å². The van der Waals surface area contributed by atoms with Crippen molar-refractivity contribution in [2.24, 2.45) is 5.92 Å². The minimum Gasteiger partial charge on any atom is -0.491 e. The largest absolute Gasteiger partial charge is 0.491 e. The van der Waals surface area contributed by atoms with Gasteiger partial charge in [-0.1, -0.05) is 77.3 Å².